The number of ether oxygens (including phenoxy) is 1. The summed E-state index contributed by atoms with van der Waals surface area (Å²) in [6.45, 7) is 0.705. The summed E-state index contributed by atoms with van der Waals surface area (Å²) in [4.78, 5) is 2.66. The maximum Gasteiger partial charge on any atom is 0.129 e. The van der Waals surface area contributed by atoms with Gasteiger partial charge < -0.3 is 9.84 Å². The summed E-state index contributed by atoms with van der Waals surface area (Å²) < 4.78 is 5.05. The summed E-state index contributed by atoms with van der Waals surface area (Å²) in [5.74, 6) is 3.15. The van der Waals surface area contributed by atoms with Crippen molar-refractivity contribution in [1.82, 2.24) is 0 Å². The zero-order chi connectivity index (χ0) is 10.4. The van der Waals surface area contributed by atoms with Crippen molar-refractivity contribution in [2.24, 2.45) is 5.92 Å². The third-order valence-corrected chi connectivity index (χ3v) is 3.17. The Morgan fingerprint density at radius 3 is 3.00 bits per heavy atom. The van der Waals surface area contributed by atoms with E-state index in [1.807, 2.05) is 0 Å². The number of aliphatic hydroxyl groups is 1. The molecule has 14 heavy (non-hydrogen) atoms. The summed E-state index contributed by atoms with van der Waals surface area (Å²) in [5, 5.41) is 10.3. The summed E-state index contributed by atoms with van der Waals surface area (Å²) in [7, 11) is 1.69. The van der Waals surface area contributed by atoms with Crippen LogP contribution in [0.4, 0.5) is 0 Å². The van der Waals surface area contributed by atoms with Crippen molar-refractivity contribution >= 4 is 15.9 Å². The van der Waals surface area contributed by atoms with Crippen molar-refractivity contribution in [3.63, 3.8) is 0 Å². The molecule has 2 atom stereocenters. The monoisotopic (exact) mass is 260 g/mol. The van der Waals surface area contributed by atoms with Crippen LogP contribution in [-0.2, 0) is 4.74 Å². The summed E-state index contributed by atoms with van der Waals surface area (Å²) in [6, 6.07) is 0. The van der Waals surface area contributed by atoms with Crippen LogP contribution >= 0.6 is 15.9 Å². The molecule has 1 aliphatic rings. The lowest BCUT2D eigenvalue weighted by Gasteiger charge is -2.35. The first kappa shape index (κ1) is 12.0. The molecule has 0 aromatic heterocycles. The van der Waals surface area contributed by atoms with E-state index in [1.54, 1.807) is 7.11 Å². The highest BCUT2D eigenvalue weighted by Gasteiger charge is 2.36. The van der Waals surface area contributed by atoms with Crippen LogP contribution in [-0.4, -0.2) is 24.4 Å². The van der Waals surface area contributed by atoms with Crippen molar-refractivity contribution in [2.75, 3.05) is 13.7 Å². The minimum atomic E-state index is -0.791. The third-order valence-electron chi connectivity index (χ3n) is 2.97. The van der Waals surface area contributed by atoms with E-state index in [0.717, 1.165) is 25.7 Å². The number of methoxy groups -OCH3 is 1. The van der Waals surface area contributed by atoms with Crippen molar-refractivity contribution < 1.29 is 9.84 Å². The van der Waals surface area contributed by atoms with Gasteiger partial charge in [0.2, 0.25) is 0 Å². The van der Waals surface area contributed by atoms with Gasteiger partial charge in [-0.2, -0.15) is 0 Å². The minimum Gasteiger partial charge on any atom is -0.385 e. The Labute approximate surface area is 94.2 Å². The van der Waals surface area contributed by atoms with E-state index in [2.05, 4.69) is 26.7 Å². The Bertz CT molecular complexity index is 231. The molecule has 2 nitrogen and oxygen atoms in total. The molecule has 3 heteroatoms. The van der Waals surface area contributed by atoms with Gasteiger partial charge in [-0.1, -0.05) is 12.3 Å². The van der Waals surface area contributed by atoms with E-state index in [0.29, 0.717) is 6.61 Å². The summed E-state index contributed by atoms with van der Waals surface area (Å²) >= 11 is 3.06. The molecule has 0 aromatic rings. The lowest BCUT2D eigenvalue weighted by molar-refractivity contribution is -0.00892. The zero-order valence-electron chi connectivity index (χ0n) is 8.55. The molecule has 1 N–H and O–H groups in total. The van der Waals surface area contributed by atoms with Gasteiger partial charge in [-0.25, -0.2) is 0 Å². The highest BCUT2D eigenvalue weighted by molar-refractivity contribution is 9.12. The fraction of sp³-hybridized carbons (Fsp3) is 0.818. The normalized spacial score (nSPS) is 32.1. The van der Waals surface area contributed by atoms with Crippen LogP contribution in [0.2, 0.25) is 0 Å². The van der Waals surface area contributed by atoms with Crippen molar-refractivity contribution in [3.05, 3.63) is 0 Å². The highest BCUT2D eigenvalue weighted by Crippen LogP contribution is 2.35. The average Bonchev–Trinajstić information content (AvgIpc) is 2.17. The predicted molar refractivity (Wildman–Crippen MR) is 60.1 cm³/mol. The van der Waals surface area contributed by atoms with E-state index >= 15 is 0 Å². The third kappa shape index (κ3) is 2.98. The van der Waals surface area contributed by atoms with Crippen LogP contribution in [0.1, 0.15) is 32.1 Å². The standard InChI is InChI=1S/C11H17BrO2/c1-14-9-5-10-4-2-3-6-11(10,13)7-8-12/h10,13H,2-6,9H2,1H3/t10-,11+/m0/s1. The fourth-order valence-electron chi connectivity index (χ4n) is 2.12. The lowest BCUT2D eigenvalue weighted by Crippen LogP contribution is -2.39. The van der Waals surface area contributed by atoms with E-state index < -0.39 is 5.60 Å². The molecule has 0 unspecified atom stereocenters. The van der Waals surface area contributed by atoms with Crippen molar-refractivity contribution in [2.45, 2.75) is 37.7 Å². The Kier molecular flexibility index (Phi) is 4.94. The number of rotatable bonds is 3. The van der Waals surface area contributed by atoms with Crippen molar-refractivity contribution in [3.8, 4) is 10.8 Å². The summed E-state index contributed by atoms with van der Waals surface area (Å²) in [6.07, 6.45) is 5.01. The van der Waals surface area contributed by atoms with E-state index in [1.165, 1.54) is 6.42 Å². The Morgan fingerprint density at radius 1 is 1.57 bits per heavy atom. The molecule has 0 saturated heterocycles. The molecule has 0 radical (unpaired) electrons. The first-order chi connectivity index (χ1) is 6.73. The largest absolute Gasteiger partial charge is 0.385 e. The minimum absolute atomic E-state index is 0.265. The second kappa shape index (κ2) is 5.75. The van der Waals surface area contributed by atoms with Gasteiger partial charge >= 0.3 is 0 Å². The molecule has 0 spiro atoms. The average molecular weight is 261 g/mol. The van der Waals surface area contributed by atoms with Gasteiger partial charge in [-0.15, -0.1) is 0 Å². The number of halogens is 1. The van der Waals surface area contributed by atoms with Gasteiger partial charge in [-0.05, 0) is 30.5 Å². The van der Waals surface area contributed by atoms with Crippen molar-refractivity contribution in [1.29, 1.82) is 0 Å². The zero-order valence-corrected chi connectivity index (χ0v) is 10.1. The molecule has 0 bridgehead atoms. The van der Waals surface area contributed by atoms with E-state index in [4.69, 9.17) is 4.74 Å². The van der Waals surface area contributed by atoms with Gasteiger partial charge in [0.25, 0.3) is 0 Å². The van der Waals surface area contributed by atoms with Crippen LogP contribution in [0, 0.1) is 16.7 Å². The molecule has 0 aliphatic heterocycles. The van der Waals surface area contributed by atoms with Gasteiger partial charge in [0.1, 0.15) is 5.60 Å². The fourth-order valence-corrected chi connectivity index (χ4v) is 2.46. The van der Waals surface area contributed by atoms with Crippen LogP contribution in [0.15, 0.2) is 0 Å². The SMILES string of the molecule is COCC[C@@H]1CCCC[C@@]1(O)C#CBr. The Balaban J connectivity index is 2.61. The molecule has 1 aliphatic carbocycles. The molecule has 1 saturated carbocycles. The number of hydrogen-bond acceptors (Lipinski definition) is 2. The first-order valence-corrected chi connectivity index (χ1v) is 5.86. The Hall–Kier alpha value is -0.0400. The van der Waals surface area contributed by atoms with E-state index in [9.17, 15) is 5.11 Å². The molecular formula is C11H17BrO2. The predicted octanol–water partition coefficient (Wildman–Crippen LogP) is 2.30. The molecule has 1 fully saturated rings. The molecule has 0 aromatic carbocycles. The summed E-state index contributed by atoms with van der Waals surface area (Å²) in [5.41, 5.74) is -0.791. The maximum absolute atomic E-state index is 10.3. The number of hydrogen-bond donors (Lipinski definition) is 1. The van der Waals surface area contributed by atoms with Gasteiger partial charge in [0.05, 0.1) is 0 Å². The Morgan fingerprint density at radius 2 is 2.36 bits per heavy atom. The smallest absolute Gasteiger partial charge is 0.129 e. The van der Waals surface area contributed by atoms with Crippen LogP contribution in [0.3, 0.4) is 0 Å². The maximum atomic E-state index is 10.3. The van der Waals surface area contributed by atoms with Gasteiger partial charge in [0.15, 0.2) is 0 Å². The van der Waals surface area contributed by atoms with E-state index in [-0.39, 0.29) is 5.92 Å². The first-order valence-electron chi connectivity index (χ1n) is 5.07. The molecule has 80 valence electrons. The van der Waals surface area contributed by atoms with Crippen LogP contribution in [0.25, 0.3) is 0 Å². The lowest BCUT2D eigenvalue weighted by atomic mass is 9.74. The molecule has 0 heterocycles. The highest BCUT2D eigenvalue weighted by atomic mass is 79.9. The van der Waals surface area contributed by atoms with Gasteiger partial charge in [0, 0.05) is 35.6 Å². The van der Waals surface area contributed by atoms with Crippen LogP contribution in [0.5, 0.6) is 0 Å². The second-order valence-electron chi connectivity index (χ2n) is 3.87. The molecular weight excluding hydrogens is 244 g/mol. The van der Waals surface area contributed by atoms with Crippen LogP contribution < -0.4 is 0 Å². The molecule has 1 rings (SSSR count). The second-order valence-corrected chi connectivity index (χ2v) is 4.26. The van der Waals surface area contributed by atoms with Gasteiger partial charge in [-0.3, -0.25) is 0 Å². The quantitative estimate of drug-likeness (QED) is 0.790. The molecule has 0 amide bonds. The topological polar surface area (TPSA) is 29.5 Å².